The second-order valence-corrected chi connectivity index (χ2v) is 10.5. The van der Waals surface area contributed by atoms with E-state index in [1.165, 1.54) is 37.7 Å². The largest absolute Gasteiger partial charge is 0.465 e. The van der Waals surface area contributed by atoms with Crippen molar-refractivity contribution >= 4 is 22.6 Å². The quantitative estimate of drug-likeness (QED) is 0.250. The van der Waals surface area contributed by atoms with Gasteiger partial charge in [0.2, 0.25) is 6.29 Å². The van der Waals surface area contributed by atoms with Gasteiger partial charge in [0, 0.05) is 9.84 Å². The second kappa shape index (κ2) is 7.98. The van der Waals surface area contributed by atoms with Gasteiger partial charge in [0.15, 0.2) is 0 Å². The predicted octanol–water partition coefficient (Wildman–Crippen LogP) is 6.77. The molecule has 3 fully saturated rings. The summed E-state index contributed by atoms with van der Waals surface area (Å²) in [5, 5.41) is 0. The normalized spacial score (nSPS) is 34.9. The van der Waals surface area contributed by atoms with Crippen molar-refractivity contribution in [3.8, 4) is 5.75 Å². The van der Waals surface area contributed by atoms with Crippen molar-refractivity contribution in [1.29, 1.82) is 0 Å². The van der Waals surface area contributed by atoms with E-state index in [2.05, 4.69) is 67.6 Å². The SMILES string of the molecule is CCC(I)c1ccc(OC(OC2CC3CC2C2CCCC32)C(C)C)cc1. The third-order valence-electron chi connectivity index (χ3n) is 7.07. The van der Waals surface area contributed by atoms with Crippen molar-refractivity contribution in [2.75, 3.05) is 0 Å². The van der Waals surface area contributed by atoms with Gasteiger partial charge >= 0.3 is 0 Å². The minimum Gasteiger partial charge on any atom is -0.465 e. The summed E-state index contributed by atoms with van der Waals surface area (Å²) in [6, 6.07) is 8.63. The lowest BCUT2D eigenvalue weighted by molar-refractivity contribution is -0.162. The fourth-order valence-electron chi connectivity index (χ4n) is 5.78. The fourth-order valence-corrected chi connectivity index (χ4v) is 6.20. The van der Waals surface area contributed by atoms with Crippen molar-refractivity contribution in [3.63, 3.8) is 0 Å². The standard InChI is InChI=1S/C23H33IO2/c1-4-21(24)15-8-10-17(11-9-15)25-23(14(2)3)26-22-13-16-12-20(22)19-7-5-6-18(16)19/h8-11,14,16,18-23H,4-7,12-13H2,1-3H3. The molecule has 1 aromatic carbocycles. The Labute approximate surface area is 172 Å². The van der Waals surface area contributed by atoms with Gasteiger partial charge in [-0.15, -0.1) is 0 Å². The molecule has 7 atom stereocenters. The third-order valence-corrected chi connectivity index (χ3v) is 8.67. The highest BCUT2D eigenvalue weighted by molar-refractivity contribution is 14.1. The van der Waals surface area contributed by atoms with Crippen molar-refractivity contribution in [2.45, 2.75) is 75.6 Å². The monoisotopic (exact) mass is 468 g/mol. The Morgan fingerprint density at radius 3 is 2.46 bits per heavy atom. The molecule has 7 unspecified atom stereocenters. The van der Waals surface area contributed by atoms with Crippen LogP contribution in [0.1, 0.15) is 68.8 Å². The zero-order valence-electron chi connectivity index (χ0n) is 16.4. The van der Waals surface area contributed by atoms with Crippen LogP contribution in [0.2, 0.25) is 0 Å². The first-order valence-corrected chi connectivity index (χ1v) is 11.9. The van der Waals surface area contributed by atoms with Crippen LogP contribution in [0.25, 0.3) is 0 Å². The van der Waals surface area contributed by atoms with Gasteiger partial charge < -0.3 is 9.47 Å². The van der Waals surface area contributed by atoms with Crippen LogP contribution in [0.4, 0.5) is 0 Å². The van der Waals surface area contributed by atoms with E-state index >= 15 is 0 Å². The molecule has 0 radical (unpaired) electrons. The first-order valence-electron chi connectivity index (χ1n) is 10.6. The summed E-state index contributed by atoms with van der Waals surface area (Å²) in [6.07, 6.45) is 8.49. The van der Waals surface area contributed by atoms with Gasteiger partial charge in [-0.3, -0.25) is 0 Å². The van der Waals surface area contributed by atoms with E-state index in [0.29, 0.717) is 15.9 Å². The maximum Gasteiger partial charge on any atom is 0.202 e. The van der Waals surface area contributed by atoms with Crippen LogP contribution in [-0.4, -0.2) is 12.4 Å². The zero-order chi connectivity index (χ0) is 18.3. The molecule has 0 amide bonds. The topological polar surface area (TPSA) is 18.5 Å². The van der Waals surface area contributed by atoms with Crippen LogP contribution in [-0.2, 0) is 4.74 Å². The van der Waals surface area contributed by atoms with Crippen molar-refractivity contribution in [2.24, 2.45) is 29.6 Å². The number of fused-ring (bicyclic) bond motifs is 5. The van der Waals surface area contributed by atoms with Crippen LogP contribution in [0.3, 0.4) is 0 Å². The number of rotatable bonds is 7. The first kappa shape index (κ1) is 19.0. The van der Waals surface area contributed by atoms with E-state index in [1.54, 1.807) is 0 Å². The molecule has 0 spiro atoms. The number of hydrogen-bond donors (Lipinski definition) is 0. The molecule has 4 rings (SSSR count). The number of halogens is 1. The molecule has 26 heavy (non-hydrogen) atoms. The van der Waals surface area contributed by atoms with Crippen molar-refractivity contribution < 1.29 is 9.47 Å². The molecule has 0 heterocycles. The summed E-state index contributed by atoms with van der Waals surface area (Å²) in [5.74, 6) is 4.99. The van der Waals surface area contributed by atoms with Gasteiger partial charge in [0.25, 0.3) is 0 Å². The van der Waals surface area contributed by atoms with Crippen molar-refractivity contribution in [3.05, 3.63) is 29.8 Å². The highest BCUT2D eigenvalue weighted by atomic mass is 127. The summed E-state index contributed by atoms with van der Waals surface area (Å²) in [5.41, 5.74) is 1.38. The van der Waals surface area contributed by atoms with E-state index in [0.717, 1.165) is 35.8 Å². The Morgan fingerprint density at radius 1 is 1.04 bits per heavy atom. The zero-order valence-corrected chi connectivity index (χ0v) is 18.5. The van der Waals surface area contributed by atoms with Gasteiger partial charge in [-0.05, 0) is 73.5 Å². The molecular formula is C23H33IO2. The van der Waals surface area contributed by atoms with E-state index in [4.69, 9.17) is 9.47 Å². The Bertz CT molecular complexity index is 599. The Morgan fingerprint density at radius 2 is 1.77 bits per heavy atom. The van der Waals surface area contributed by atoms with Gasteiger partial charge in [-0.2, -0.15) is 0 Å². The molecule has 0 N–H and O–H groups in total. The molecule has 0 saturated heterocycles. The molecule has 3 saturated carbocycles. The van der Waals surface area contributed by atoms with Crippen LogP contribution in [0.15, 0.2) is 24.3 Å². The number of benzene rings is 1. The summed E-state index contributed by atoms with van der Waals surface area (Å²) >= 11 is 2.51. The lowest BCUT2D eigenvalue weighted by atomic mass is 9.80. The second-order valence-electron chi connectivity index (χ2n) is 9.00. The highest BCUT2D eigenvalue weighted by Gasteiger charge is 2.54. The molecule has 144 valence electrons. The fraction of sp³-hybridized carbons (Fsp3) is 0.739. The Kier molecular flexibility index (Phi) is 5.85. The Balaban J connectivity index is 1.39. The summed E-state index contributed by atoms with van der Waals surface area (Å²) in [4.78, 5) is 0. The molecule has 2 bridgehead atoms. The molecule has 3 aliphatic carbocycles. The summed E-state index contributed by atoms with van der Waals surface area (Å²) in [6.45, 7) is 6.65. The molecule has 0 aromatic heterocycles. The van der Waals surface area contributed by atoms with Gasteiger partial charge in [0.05, 0.1) is 6.10 Å². The van der Waals surface area contributed by atoms with Crippen LogP contribution >= 0.6 is 22.6 Å². The summed E-state index contributed by atoms with van der Waals surface area (Å²) < 4.78 is 13.5. The minimum absolute atomic E-state index is 0.133. The average Bonchev–Trinajstić information content (AvgIpc) is 3.34. The lowest BCUT2D eigenvalue weighted by Gasteiger charge is -2.35. The van der Waals surface area contributed by atoms with Crippen LogP contribution in [0, 0.1) is 29.6 Å². The molecule has 3 aliphatic rings. The van der Waals surface area contributed by atoms with Crippen molar-refractivity contribution in [1.82, 2.24) is 0 Å². The minimum atomic E-state index is -0.133. The molecule has 1 aromatic rings. The van der Waals surface area contributed by atoms with E-state index in [1.807, 2.05) is 0 Å². The molecular weight excluding hydrogens is 435 g/mol. The highest BCUT2D eigenvalue weighted by Crippen LogP contribution is 2.59. The van der Waals surface area contributed by atoms with Gasteiger partial charge in [-0.1, -0.05) is 61.9 Å². The number of ether oxygens (including phenoxy) is 2. The smallest absolute Gasteiger partial charge is 0.202 e. The molecule has 3 heteroatoms. The average molecular weight is 468 g/mol. The number of alkyl halides is 1. The van der Waals surface area contributed by atoms with E-state index in [9.17, 15) is 0 Å². The maximum absolute atomic E-state index is 6.59. The third kappa shape index (κ3) is 3.67. The lowest BCUT2D eigenvalue weighted by Crippen LogP contribution is -2.37. The maximum atomic E-state index is 6.59. The van der Waals surface area contributed by atoms with Gasteiger partial charge in [0.1, 0.15) is 5.75 Å². The molecule has 2 nitrogen and oxygen atoms in total. The Hall–Kier alpha value is -0.290. The van der Waals surface area contributed by atoms with E-state index in [-0.39, 0.29) is 6.29 Å². The number of hydrogen-bond acceptors (Lipinski definition) is 2. The predicted molar refractivity (Wildman–Crippen MR) is 115 cm³/mol. The molecule has 0 aliphatic heterocycles. The first-order chi connectivity index (χ1) is 12.6. The van der Waals surface area contributed by atoms with Gasteiger partial charge in [-0.25, -0.2) is 0 Å². The summed E-state index contributed by atoms with van der Waals surface area (Å²) in [7, 11) is 0. The van der Waals surface area contributed by atoms with Crippen LogP contribution in [0.5, 0.6) is 5.75 Å². The van der Waals surface area contributed by atoms with E-state index < -0.39 is 0 Å². The van der Waals surface area contributed by atoms with Crippen LogP contribution < -0.4 is 4.74 Å².